The summed E-state index contributed by atoms with van der Waals surface area (Å²) in [5.41, 5.74) is 0. The number of hydrogen-bond donors (Lipinski definition) is 2. The molecular formula is C12H32N2O2. The zero-order valence-corrected chi connectivity index (χ0v) is 11.2. The molecule has 0 aliphatic heterocycles. The topological polar surface area (TPSA) is 42.5 Å². The molecule has 0 aromatic heterocycles. The summed E-state index contributed by atoms with van der Waals surface area (Å²) >= 11 is 0. The van der Waals surface area contributed by atoms with Crippen LogP contribution in [0.25, 0.3) is 0 Å². The van der Waals surface area contributed by atoms with Gasteiger partial charge in [-0.15, -0.1) is 0 Å². The van der Waals surface area contributed by atoms with Gasteiger partial charge >= 0.3 is 0 Å². The third-order valence-corrected chi connectivity index (χ3v) is 1.97. The van der Waals surface area contributed by atoms with E-state index in [4.69, 9.17) is 9.47 Å². The number of nitrogens with one attached hydrogen (secondary N) is 2. The summed E-state index contributed by atoms with van der Waals surface area (Å²) in [6.07, 6.45) is 0. The lowest BCUT2D eigenvalue weighted by Crippen LogP contribution is -2.28. The Morgan fingerprint density at radius 3 is 1.44 bits per heavy atom. The molecule has 0 atom stereocenters. The van der Waals surface area contributed by atoms with Gasteiger partial charge in [0.25, 0.3) is 0 Å². The van der Waals surface area contributed by atoms with Crippen molar-refractivity contribution in [2.24, 2.45) is 0 Å². The molecule has 102 valence electrons. The van der Waals surface area contributed by atoms with Gasteiger partial charge < -0.3 is 20.1 Å². The van der Waals surface area contributed by atoms with E-state index in [1.54, 1.807) is 0 Å². The first-order valence-corrected chi connectivity index (χ1v) is 6.25. The Morgan fingerprint density at radius 2 is 1.12 bits per heavy atom. The smallest absolute Gasteiger partial charge is 0.0701 e. The van der Waals surface area contributed by atoms with Crippen molar-refractivity contribution in [3.05, 3.63) is 0 Å². The van der Waals surface area contributed by atoms with Crippen LogP contribution in [0, 0.1) is 0 Å². The highest BCUT2D eigenvalue weighted by molar-refractivity contribution is 4.52. The summed E-state index contributed by atoms with van der Waals surface area (Å²) in [4.78, 5) is 0. The highest BCUT2D eigenvalue weighted by atomic mass is 16.5. The summed E-state index contributed by atoms with van der Waals surface area (Å²) in [5, 5.41) is 6.59. The largest absolute Gasteiger partial charge is 0.378 e. The van der Waals surface area contributed by atoms with Crippen LogP contribution >= 0.6 is 0 Å². The Bertz CT molecular complexity index is 134. The number of rotatable bonds is 11. The van der Waals surface area contributed by atoms with E-state index in [0.717, 1.165) is 26.3 Å². The standard InChI is InChI=1S/C12H28N2O2.2H2/c1-11(2)13-5-7-15-9-10-16-8-6-14-12(3)4;;/h11-14H,5-10H2,1-4H3;2*1H. The average Bonchev–Trinajstić information content (AvgIpc) is 2.20. The molecule has 0 aliphatic rings. The van der Waals surface area contributed by atoms with Crippen LogP contribution in [0.15, 0.2) is 0 Å². The maximum Gasteiger partial charge on any atom is 0.0701 e. The average molecular weight is 236 g/mol. The summed E-state index contributed by atoms with van der Waals surface area (Å²) < 4.78 is 10.8. The van der Waals surface area contributed by atoms with Crippen LogP contribution in [0.5, 0.6) is 0 Å². The Hall–Kier alpha value is -0.160. The van der Waals surface area contributed by atoms with Crippen LogP contribution in [-0.2, 0) is 9.47 Å². The second-order valence-electron chi connectivity index (χ2n) is 4.44. The van der Waals surface area contributed by atoms with E-state index in [2.05, 4.69) is 38.3 Å². The zero-order valence-electron chi connectivity index (χ0n) is 11.2. The minimum atomic E-state index is 0. The highest BCUT2D eigenvalue weighted by Gasteiger charge is 1.94. The van der Waals surface area contributed by atoms with Gasteiger partial charge in [-0.05, 0) is 0 Å². The predicted octanol–water partition coefficient (Wildman–Crippen LogP) is 1.51. The molecule has 0 aromatic carbocycles. The lowest BCUT2D eigenvalue weighted by molar-refractivity contribution is 0.0491. The van der Waals surface area contributed by atoms with Gasteiger partial charge in [-0.3, -0.25) is 0 Å². The minimum Gasteiger partial charge on any atom is -0.378 e. The van der Waals surface area contributed by atoms with Crippen molar-refractivity contribution in [2.75, 3.05) is 39.5 Å². The normalized spacial score (nSPS) is 11.6. The zero-order chi connectivity index (χ0) is 12.2. The van der Waals surface area contributed by atoms with Crippen molar-refractivity contribution in [3.63, 3.8) is 0 Å². The molecule has 0 fully saturated rings. The lowest BCUT2D eigenvalue weighted by atomic mass is 10.4. The van der Waals surface area contributed by atoms with Crippen molar-refractivity contribution >= 4 is 0 Å². The van der Waals surface area contributed by atoms with Crippen LogP contribution in [-0.4, -0.2) is 51.6 Å². The van der Waals surface area contributed by atoms with Gasteiger partial charge in [-0.25, -0.2) is 0 Å². The molecule has 0 aromatic rings. The maximum atomic E-state index is 5.40. The van der Waals surface area contributed by atoms with E-state index in [9.17, 15) is 0 Å². The highest BCUT2D eigenvalue weighted by Crippen LogP contribution is 1.81. The van der Waals surface area contributed by atoms with Gasteiger partial charge in [-0.1, -0.05) is 27.7 Å². The van der Waals surface area contributed by atoms with Crippen molar-refractivity contribution in [2.45, 2.75) is 39.8 Å². The molecule has 0 heterocycles. The molecule has 0 spiro atoms. The molecular weight excluding hydrogens is 204 g/mol. The van der Waals surface area contributed by atoms with Crippen molar-refractivity contribution in [1.82, 2.24) is 10.6 Å². The molecule has 2 N–H and O–H groups in total. The Labute approximate surface area is 103 Å². The van der Waals surface area contributed by atoms with E-state index in [-0.39, 0.29) is 2.85 Å². The quantitative estimate of drug-likeness (QED) is 0.534. The molecule has 0 radical (unpaired) electrons. The lowest BCUT2D eigenvalue weighted by Gasteiger charge is -2.10. The molecule has 0 unspecified atom stereocenters. The van der Waals surface area contributed by atoms with Gasteiger partial charge in [0.15, 0.2) is 0 Å². The molecule has 16 heavy (non-hydrogen) atoms. The van der Waals surface area contributed by atoms with Crippen molar-refractivity contribution in [3.8, 4) is 0 Å². The van der Waals surface area contributed by atoms with E-state index >= 15 is 0 Å². The predicted molar refractivity (Wildman–Crippen MR) is 72.1 cm³/mol. The molecule has 4 heteroatoms. The minimum absolute atomic E-state index is 0. The van der Waals surface area contributed by atoms with Gasteiger partial charge in [0, 0.05) is 28.0 Å². The van der Waals surface area contributed by atoms with E-state index < -0.39 is 0 Å². The summed E-state index contributed by atoms with van der Waals surface area (Å²) in [7, 11) is 0. The monoisotopic (exact) mass is 236 g/mol. The molecule has 0 saturated heterocycles. The molecule has 0 aliphatic carbocycles. The van der Waals surface area contributed by atoms with Crippen molar-refractivity contribution in [1.29, 1.82) is 0 Å². The fourth-order valence-corrected chi connectivity index (χ4v) is 1.16. The number of hydrogen-bond acceptors (Lipinski definition) is 4. The third-order valence-electron chi connectivity index (χ3n) is 1.97. The Balaban J connectivity index is -0.00000112. The summed E-state index contributed by atoms with van der Waals surface area (Å²) in [6, 6.07) is 1.06. The first kappa shape index (κ1) is 15.8. The molecule has 0 rings (SSSR count). The van der Waals surface area contributed by atoms with Gasteiger partial charge in [0.2, 0.25) is 0 Å². The van der Waals surface area contributed by atoms with E-state index in [1.807, 2.05) is 0 Å². The second-order valence-corrected chi connectivity index (χ2v) is 4.44. The van der Waals surface area contributed by atoms with Crippen LogP contribution in [0.2, 0.25) is 0 Å². The van der Waals surface area contributed by atoms with Crippen LogP contribution in [0.4, 0.5) is 0 Å². The van der Waals surface area contributed by atoms with Gasteiger partial charge in [0.1, 0.15) is 0 Å². The number of ether oxygens (including phenoxy) is 2. The summed E-state index contributed by atoms with van der Waals surface area (Å²) in [5.74, 6) is 0. The molecule has 4 nitrogen and oxygen atoms in total. The molecule has 0 amide bonds. The maximum absolute atomic E-state index is 5.40. The Kier molecular flexibility index (Phi) is 11.2. The van der Waals surface area contributed by atoms with E-state index in [1.165, 1.54) is 0 Å². The fourth-order valence-electron chi connectivity index (χ4n) is 1.16. The van der Waals surface area contributed by atoms with Crippen LogP contribution in [0.3, 0.4) is 0 Å². The third kappa shape index (κ3) is 13.8. The SMILES string of the molecule is CC(C)NCCOCCOCCNC(C)C.[HH].[HH]. The second kappa shape index (κ2) is 11.3. The van der Waals surface area contributed by atoms with Crippen molar-refractivity contribution < 1.29 is 12.3 Å². The molecule has 0 saturated carbocycles. The molecule has 0 bridgehead atoms. The van der Waals surface area contributed by atoms with Gasteiger partial charge in [0.05, 0.1) is 26.4 Å². The van der Waals surface area contributed by atoms with Crippen LogP contribution < -0.4 is 10.6 Å². The van der Waals surface area contributed by atoms with E-state index in [0.29, 0.717) is 25.3 Å². The first-order valence-electron chi connectivity index (χ1n) is 6.25. The Morgan fingerprint density at radius 1 is 0.750 bits per heavy atom. The fraction of sp³-hybridized carbons (Fsp3) is 1.00. The van der Waals surface area contributed by atoms with Gasteiger partial charge in [-0.2, -0.15) is 0 Å². The summed E-state index contributed by atoms with van der Waals surface area (Å²) in [6.45, 7) is 13.2. The first-order chi connectivity index (χ1) is 7.63. The van der Waals surface area contributed by atoms with Crippen LogP contribution in [0.1, 0.15) is 30.5 Å².